The third kappa shape index (κ3) is 4.40. The molecular formula is C22H22ClFN3O+. The zero-order valence-corrected chi connectivity index (χ0v) is 16.9. The molecule has 1 atom stereocenters. The van der Waals surface area contributed by atoms with Crippen LogP contribution in [0.1, 0.15) is 27.2 Å². The monoisotopic (exact) mass is 398 g/mol. The van der Waals surface area contributed by atoms with Crippen molar-refractivity contribution in [2.45, 2.75) is 32.7 Å². The Kier molecular flexibility index (Phi) is 5.81. The fourth-order valence-corrected chi connectivity index (χ4v) is 3.49. The van der Waals surface area contributed by atoms with Gasteiger partial charge in [0.25, 0.3) is 6.57 Å². The molecule has 0 amide bonds. The highest BCUT2D eigenvalue weighted by atomic mass is 35.5. The van der Waals surface area contributed by atoms with E-state index in [0.29, 0.717) is 29.5 Å². The topological polar surface area (TPSA) is 39.4 Å². The van der Waals surface area contributed by atoms with Crippen LogP contribution in [-0.2, 0) is 0 Å². The smallest absolute Gasteiger partial charge is 0.311 e. The van der Waals surface area contributed by atoms with Gasteiger partial charge in [0.15, 0.2) is 17.5 Å². The predicted molar refractivity (Wildman–Crippen MR) is 112 cm³/mol. The van der Waals surface area contributed by atoms with Crippen LogP contribution in [0.25, 0.3) is 27.0 Å². The first kappa shape index (κ1) is 20.0. The maximum Gasteiger partial charge on any atom is 0.311 e. The standard InChI is InChI=1S/C22H22ClFN3O/c1-14(2)12-22(3,25-4)13-28-20-8-7-18(27-21(20)23)17-9-10-26-19-11-15(24)5-6-16(17)19/h4-11,14H,12-13H2,1-3H3/q+1/t22-/m0/s1. The van der Waals surface area contributed by atoms with Gasteiger partial charge in [0.2, 0.25) is 0 Å². The fraction of sp³-hybridized carbons (Fsp3) is 0.318. The maximum absolute atomic E-state index is 13.5. The van der Waals surface area contributed by atoms with Crippen molar-refractivity contribution in [1.82, 2.24) is 9.97 Å². The molecule has 0 aliphatic rings. The molecule has 2 heterocycles. The number of ether oxygens (including phenoxy) is 1. The Morgan fingerprint density at radius 2 is 2.04 bits per heavy atom. The summed E-state index contributed by atoms with van der Waals surface area (Å²) < 4.78 is 19.3. The normalized spacial score (nSPS) is 13.3. The van der Waals surface area contributed by atoms with Crippen molar-refractivity contribution in [2.75, 3.05) is 6.61 Å². The lowest BCUT2D eigenvalue weighted by molar-refractivity contribution is 0.233. The molecule has 0 saturated carbocycles. The lowest BCUT2D eigenvalue weighted by Crippen LogP contribution is -2.30. The van der Waals surface area contributed by atoms with Gasteiger partial charge in [-0.25, -0.2) is 9.37 Å². The van der Waals surface area contributed by atoms with Crippen molar-refractivity contribution >= 4 is 22.5 Å². The Bertz CT molecular complexity index is 1050. The SMILES string of the molecule is C#[N+][C@](C)(COc1ccc(-c2ccnc3cc(F)ccc23)nc1Cl)CC(C)C. The predicted octanol–water partition coefficient (Wildman–Crippen LogP) is 6.24. The molecule has 1 aromatic carbocycles. The molecule has 0 fully saturated rings. The number of rotatable bonds is 6. The summed E-state index contributed by atoms with van der Waals surface area (Å²) in [5.74, 6) is 0.566. The second-order valence-corrected chi connectivity index (χ2v) is 7.88. The number of halogens is 2. The number of benzene rings is 1. The minimum atomic E-state index is -0.498. The first-order valence-corrected chi connectivity index (χ1v) is 9.45. The molecule has 6 heteroatoms. The molecule has 3 rings (SSSR count). The van der Waals surface area contributed by atoms with E-state index in [1.54, 1.807) is 18.3 Å². The van der Waals surface area contributed by atoms with Crippen LogP contribution < -0.4 is 4.74 Å². The van der Waals surface area contributed by atoms with Gasteiger partial charge in [-0.05, 0) is 36.2 Å². The minimum Gasteiger partial charge on any atom is -0.482 e. The lowest BCUT2D eigenvalue weighted by Gasteiger charge is -2.17. The summed E-state index contributed by atoms with van der Waals surface area (Å²) in [5, 5.41) is 1.04. The summed E-state index contributed by atoms with van der Waals surface area (Å²) in [5.41, 5.74) is 1.54. The number of pyridine rings is 2. The second kappa shape index (κ2) is 8.12. The van der Waals surface area contributed by atoms with Gasteiger partial charge in [-0.15, -0.1) is 0 Å². The van der Waals surface area contributed by atoms with Crippen LogP contribution in [0.15, 0.2) is 42.6 Å². The number of nitrogens with zero attached hydrogens (tertiary/aromatic N) is 3. The third-order valence-corrected chi connectivity index (χ3v) is 4.76. The lowest BCUT2D eigenvalue weighted by atomic mass is 9.92. The average Bonchev–Trinajstić information content (AvgIpc) is 2.65. The molecular weight excluding hydrogens is 377 g/mol. The van der Waals surface area contributed by atoms with Gasteiger partial charge in [0.1, 0.15) is 5.82 Å². The molecule has 0 spiro atoms. The van der Waals surface area contributed by atoms with Crippen molar-refractivity contribution < 1.29 is 9.13 Å². The molecule has 2 aromatic heterocycles. The number of hydrogen-bond donors (Lipinski definition) is 0. The van der Waals surface area contributed by atoms with E-state index in [9.17, 15) is 4.39 Å². The molecule has 0 N–H and O–H groups in total. The van der Waals surface area contributed by atoms with Crippen molar-refractivity contribution in [2.24, 2.45) is 5.92 Å². The molecule has 0 bridgehead atoms. The van der Waals surface area contributed by atoms with E-state index in [2.05, 4.69) is 28.7 Å². The van der Waals surface area contributed by atoms with Gasteiger partial charge in [-0.2, -0.15) is 0 Å². The highest BCUT2D eigenvalue weighted by molar-refractivity contribution is 6.31. The fourth-order valence-electron chi connectivity index (χ4n) is 3.29. The molecule has 144 valence electrons. The Morgan fingerprint density at radius 1 is 1.25 bits per heavy atom. The molecule has 0 aliphatic carbocycles. The number of hydrogen-bond acceptors (Lipinski definition) is 3. The molecule has 0 unspecified atom stereocenters. The summed E-state index contributed by atoms with van der Waals surface area (Å²) in [6.07, 6.45) is 2.42. The van der Waals surface area contributed by atoms with Gasteiger partial charge in [0.05, 0.1) is 11.2 Å². The van der Waals surface area contributed by atoms with Crippen LogP contribution in [-0.4, -0.2) is 22.1 Å². The van der Waals surface area contributed by atoms with Crippen LogP contribution >= 0.6 is 11.6 Å². The summed E-state index contributed by atoms with van der Waals surface area (Å²) in [4.78, 5) is 12.7. The van der Waals surface area contributed by atoms with E-state index in [-0.39, 0.29) is 11.0 Å². The first-order chi connectivity index (χ1) is 13.3. The van der Waals surface area contributed by atoms with Crippen LogP contribution in [0.4, 0.5) is 4.39 Å². The van der Waals surface area contributed by atoms with Crippen LogP contribution in [0, 0.1) is 18.3 Å². The van der Waals surface area contributed by atoms with Gasteiger partial charge in [-0.3, -0.25) is 4.98 Å². The largest absolute Gasteiger partial charge is 0.482 e. The zero-order valence-electron chi connectivity index (χ0n) is 16.1. The van der Waals surface area contributed by atoms with E-state index in [1.165, 1.54) is 12.1 Å². The van der Waals surface area contributed by atoms with Crippen LogP contribution in [0.5, 0.6) is 5.75 Å². The zero-order chi connectivity index (χ0) is 20.3. The first-order valence-electron chi connectivity index (χ1n) is 9.07. The molecule has 4 nitrogen and oxygen atoms in total. The Hall–Kier alpha value is -2.71. The van der Waals surface area contributed by atoms with Crippen molar-refractivity contribution in [3.05, 3.63) is 58.4 Å². The van der Waals surface area contributed by atoms with Crippen molar-refractivity contribution in [3.63, 3.8) is 0 Å². The quantitative estimate of drug-likeness (QED) is 0.461. The van der Waals surface area contributed by atoms with Crippen molar-refractivity contribution in [3.8, 4) is 23.6 Å². The summed E-state index contributed by atoms with van der Waals surface area (Å²) in [6.45, 7) is 12.1. The molecule has 3 aromatic rings. The van der Waals surface area contributed by atoms with E-state index >= 15 is 0 Å². The Labute approximate surface area is 169 Å². The van der Waals surface area contributed by atoms with Gasteiger partial charge in [0, 0.05) is 36.6 Å². The molecule has 0 radical (unpaired) electrons. The Morgan fingerprint density at radius 3 is 2.71 bits per heavy atom. The third-order valence-electron chi connectivity index (χ3n) is 4.49. The van der Waals surface area contributed by atoms with E-state index < -0.39 is 5.54 Å². The van der Waals surface area contributed by atoms with Gasteiger partial charge < -0.3 is 4.74 Å². The highest BCUT2D eigenvalue weighted by Crippen LogP contribution is 2.32. The van der Waals surface area contributed by atoms with Crippen molar-refractivity contribution in [1.29, 1.82) is 0 Å². The Balaban J connectivity index is 1.87. The summed E-state index contributed by atoms with van der Waals surface area (Å²) >= 11 is 6.36. The molecule has 28 heavy (non-hydrogen) atoms. The maximum atomic E-state index is 13.5. The van der Waals surface area contributed by atoms with Crippen LogP contribution in [0.2, 0.25) is 5.15 Å². The average molecular weight is 399 g/mol. The van der Waals surface area contributed by atoms with Crippen LogP contribution in [0.3, 0.4) is 0 Å². The molecule has 0 aliphatic heterocycles. The van der Waals surface area contributed by atoms with Gasteiger partial charge >= 0.3 is 5.54 Å². The minimum absolute atomic E-state index is 0.244. The van der Waals surface area contributed by atoms with E-state index in [0.717, 1.165) is 17.4 Å². The second-order valence-electron chi connectivity index (χ2n) is 7.52. The van der Waals surface area contributed by atoms with Gasteiger partial charge in [-0.1, -0.05) is 30.3 Å². The number of aromatic nitrogens is 2. The number of fused-ring (bicyclic) bond motifs is 1. The summed E-state index contributed by atoms with van der Waals surface area (Å²) in [6, 6.07) is 9.90. The van der Waals surface area contributed by atoms with E-state index in [4.69, 9.17) is 22.9 Å². The summed E-state index contributed by atoms with van der Waals surface area (Å²) in [7, 11) is 0. The van der Waals surface area contributed by atoms with E-state index in [1.807, 2.05) is 19.1 Å². The molecule has 0 saturated heterocycles. The highest BCUT2D eigenvalue weighted by Gasteiger charge is 2.36.